The van der Waals surface area contributed by atoms with Gasteiger partial charge in [-0.15, -0.1) is 0 Å². The molecule has 8 aromatic rings. The Kier molecular flexibility index (Phi) is 7.99. The molecule has 286 valence electrons. The monoisotopic (exact) mass is 754 g/mol. The highest BCUT2D eigenvalue weighted by Gasteiger charge is 2.43. The molecule has 0 fully saturated rings. The van der Waals surface area contributed by atoms with Gasteiger partial charge in [0.15, 0.2) is 0 Å². The second kappa shape index (κ2) is 12.8. The van der Waals surface area contributed by atoms with Crippen molar-refractivity contribution in [3.63, 3.8) is 0 Å². The lowest BCUT2D eigenvalue weighted by Crippen LogP contribution is -2.61. The number of fused-ring (bicyclic) bond motifs is 7. The minimum absolute atomic E-state index is 0.00417. The number of benzene rings is 7. The van der Waals surface area contributed by atoms with Crippen molar-refractivity contribution in [2.24, 2.45) is 0 Å². The summed E-state index contributed by atoms with van der Waals surface area (Å²) in [5.74, 6) is 0. The van der Waals surface area contributed by atoms with Gasteiger partial charge in [0.1, 0.15) is 11.2 Å². The lowest BCUT2D eigenvalue weighted by molar-refractivity contribution is 0.590. The fourth-order valence-corrected chi connectivity index (χ4v) is 9.33. The standard InChI is InChI=1S/C54H51BN2O/c1-52(2,3)35-22-28-39(29-23-35)57-45-17-13-16-44-51(45)55(43-31-25-37(33-47(43)57)54(7,8)9)42-30-24-36(53(4,5)6)32-46(42)56(44)38-26-20-34(21-27-38)40-15-12-19-49-50(40)41-14-10-11-18-48(41)58-49/h10-33H,1-9H3. The highest BCUT2D eigenvalue weighted by Crippen LogP contribution is 2.46. The van der Waals surface area contributed by atoms with Crippen LogP contribution in [0.25, 0.3) is 33.1 Å². The smallest absolute Gasteiger partial charge is 0.252 e. The van der Waals surface area contributed by atoms with E-state index in [1.807, 2.05) is 6.07 Å². The molecular weight excluding hydrogens is 703 g/mol. The number of furan rings is 1. The summed E-state index contributed by atoms with van der Waals surface area (Å²) in [5.41, 5.74) is 19.5. The topological polar surface area (TPSA) is 19.6 Å². The summed E-state index contributed by atoms with van der Waals surface area (Å²) in [6.07, 6.45) is 0. The molecule has 0 saturated carbocycles. The maximum Gasteiger partial charge on any atom is 0.252 e. The first-order chi connectivity index (χ1) is 27.7. The molecule has 0 atom stereocenters. The lowest BCUT2D eigenvalue weighted by atomic mass is 9.33. The van der Waals surface area contributed by atoms with Crippen LogP contribution in [0.15, 0.2) is 150 Å². The van der Waals surface area contributed by atoms with Crippen molar-refractivity contribution < 1.29 is 4.42 Å². The predicted octanol–water partition coefficient (Wildman–Crippen LogP) is 13.2. The molecule has 58 heavy (non-hydrogen) atoms. The predicted molar refractivity (Wildman–Crippen MR) is 249 cm³/mol. The molecule has 7 aromatic carbocycles. The summed E-state index contributed by atoms with van der Waals surface area (Å²) < 4.78 is 6.28. The van der Waals surface area contributed by atoms with E-state index in [-0.39, 0.29) is 23.0 Å². The van der Waals surface area contributed by atoms with Crippen LogP contribution in [0, 0.1) is 0 Å². The largest absolute Gasteiger partial charge is 0.456 e. The number of hydrogen-bond acceptors (Lipinski definition) is 3. The van der Waals surface area contributed by atoms with Crippen LogP contribution in [0.1, 0.15) is 79.0 Å². The maximum absolute atomic E-state index is 6.28. The Morgan fingerprint density at radius 1 is 0.431 bits per heavy atom. The van der Waals surface area contributed by atoms with Crippen LogP contribution >= 0.6 is 0 Å². The van der Waals surface area contributed by atoms with E-state index in [0.717, 1.165) is 27.6 Å². The van der Waals surface area contributed by atoms with Crippen LogP contribution < -0.4 is 26.2 Å². The van der Waals surface area contributed by atoms with E-state index >= 15 is 0 Å². The van der Waals surface area contributed by atoms with Gasteiger partial charge in [0.2, 0.25) is 0 Å². The number of rotatable bonds is 3. The quantitative estimate of drug-likeness (QED) is 0.168. The molecular formula is C54H51BN2O. The highest BCUT2D eigenvalue weighted by atomic mass is 16.3. The second-order valence-electron chi connectivity index (χ2n) is 19.5. The van der Waals surface area contributed by atoms with Gasteiger partial charge in [0, 0.05) is 44.9 Å². The molecule has 0 amide bonds. The molecule has 2 aliphatic rings. The molecule has 3 nitrogen and oxygen atoms in total. The Morgan fingerprint density at radius 3 is 1.47 bits per heavy atom. The summed E-state index contributed by atoms with van der Waals surface area (Å²) in [5, 5.41) is 2.30. The van der Waals surface area contributed by atoms with E-state index < -0.39 is 0 Å². The van der Waals surface area contributed by atoms with Gasteiger partial charge < -0.3 is 14.2 Å². The third-order valence-corrected chi connectivity index (χ3v) is 12.6. The molecule has 1 aromatic heterocycles. The van der Waals surface area contributed by atoms with Gasteiger partial charge in [-0.05, 0) is 121 Å². The van der Waals surface area contributed by atoms with E-state index in [0.29, 0.717) is 0 Å². The van der Waals surface area contributed by atoms with E-state index in [2.05, 4.69) is 212 Å². The molecule has 0 N–H and O–H groups in total. The van der Waals surface area contributed by atoms with Gasteiger partial charge in [-0.1, -0.05) is 147 Å². The van der Waals surface area contributed by atoms with Gasteiger partial charge in [-0.2, -0.15) is 0 Å². The minimum atomic E-state index is -0.0131. The molecule has 10 rings (SSSR count). The second-order valence-corrected chi connectivity index (χ2v) is 19.5. The SMILES string of the molecule is CC(C)(C)c1ccc(N2c3cc(C(C)(C)C)ccc3B3c4ccc(C(C)(C)C)cc4N(c4ccc(-c5cccc6oc7ccccc7c56)cc4)c4cccc2c43)cc1. The molecule has 0 saturated heterocycles. The van der Waals surface area contributed by atoms with Crippen molar-refractivity contribution in [3.05, 3.63) is 162 Å². The molecule has 0 aliphatic carbocycles. The van der Waals surface area contributed by atoms with Gasteiger partial charge in [0.05, 0.1) is 0 Å². The van der Waals surface area contributed by atoms with Crippen LogP contribution in [-0.2, 0) is 16.2 Å². The number of anilines is 6. The fraction of sp³-hybridized carbons (Fsp3) is 0.222. The Labute approximate surface area is 344 Å². The van der Waals surface area contributed by atoms with Crippen LogP contribution in [0.5, 0.6) is 0 Å². The molecule has 4 heteroatoms. The number of nitrogens with zero attached hydrogens (tertiary/aromatic N) is 2. The molecule has 2 aliphatic heterocycles. The van der Waals surface area contributed by atoms with Gasteiger partial charge in [0.25, 0.3) is 6.71 Å². The molecule has 0 spiro atoms. The van der Waals surface area contributed by atoms with E-state index in [9.17, 15) is 0 Å². The van der Waals surface area contributed by atoms with Crippen molar-refractivity contribution in [2.45, 2.75) is 78.6 Å². The molecule has 3 heterocycles. The first kappa shape index (κ1) is 36.4. The summed E-state index contributed by atoms with van der Waals surface area (Å²) in [6.45, 7) is 20.8. The Balaban J connectivity index is 1.19. The minimum Gasteiger partial charge on any atom is -0.456 e. The van der Waals surface area contributed by atoms with E-state index in [4.69, 9.17) is 4.42 Å². The van der Waals surface area contributed by atoms with Crippen LogP contribution in [0.4, 0.5) is 34.1 Å². The summed E-state index contributed by atoms with van der Waals surface area (Å²) in [4.78, 5) is 5.05. The van der Waals surface area contributed by atoms with Crippen molar-refractivity contribution in [3.8, 4) is 11.1 Å². The van der Waals surface area contributed by atoms with Crippen LogP contribution in [-0.4, -0.2) is 6.71 Å². The van der Waals surface area contributed by atoms with Crippen LogP contribution in [0.2, 0.25) is 0 Å². The first-order valence-corrected chi connectivity index (χ1v) is 20.8. The number of hydrogen-bond donors (Lipinski definition) is 0. The number of para-hydroxylation sites is 1. The van der Waals surface area contributed by atoms with Crippen molar-refractivity contribution >= 4 is 79.2 Å². The molecule has 0 unspecified atom stereocenters. The average molecular weight is 755 g/mol. The third-order valence-electron chi connectivity index (χ3n) is 12.6. The van der Waals surface area contributed by atoms with Crippen molar-refractivity contribution in [1.82, 2.24) is 0 Å². The van der Waals surface area contributed by atoms with Crippen LogP contribution in [0.3, 0.4) is 0 Å². The lowest BCUT2D eigenvalue weighted by Gasteiger charge is -2.45. The first-order valence-electron chi connectivity index (χ1n) is 20.8. The molecule has 0 bridgehead atoms. The summed E-state index contributed by atoms with van der Waals surface area (Å²) in [6, 6.07) is 54.6. The fourth-order valence-electron chi connectivity index (χ4n) is 9.33. The van der Waals surface area contributed by atoms with Crippen molar-refractivity contribution in [1.29, 1.82) is 0 Å². The third kappa shape index (κ3) is 5.71. The van der Waals surface area contributed by atoms with Gasteiger partial charge in [-0.3, -0.25) is 0 Å². The Hall–Kier alpha value is -6.00. The van der Waals surface area contributed by atoms with E-state index in [1.54, 1.807) is 0 Å². The molecule has 0 radical (unpaired) electrons. The average Bonchev–Trinajstić information content (AvgIpc) is 3.59. The van der Waals surface area contributed by atoms with Crippen molar-refractivity contribution in [2.75, 3.05) is 9.80 Å². The highest BCUT2D eigenvalue weighted by molar-refractivity contribution is 7.00. The normalized spacial score (nSPS) is 13.8. The zero-order chi connectivity index (χ0) is 40.3. The maximum atomic E-state index is 6.28. The summed E-state index contributed by atoms with van der Waals surface area (Å²) >= 11 is 0. The zero-order valence-corrected chi connectivity index (χ0v) is 35.2. The van der Waals surface area contributed by atoms with Gasteiger partial charge in [-0.25, -0.2) is 0 Å². The summed E-state index contributed by atoms with van der Waals surface area (Å²) in [7, 11) is 0. The zero-order valence-electron chi connectivity index (χ0n) is 35.2. The Morgan fingerprint density at radius 2 is 0.914 bits per heavy atom. The van der Waals surface area contributed by atoms with Gasteiger partial charge >= 0.3 is 0 Å². The Bertz CT molecular complexity index is 2900. The van der Waals surface area contributed by atoms with E-state index in [1.165, 1.54) is 72.6 Å².